The van der Waals surface area contributed by atoms with E-state index in [0.29, 0.717) is 5.92 Å². The van der Waals surface area contributed by atoms with Crippen molar-refractivity contribution in [3.8, 4) is 16.9 Å². The smallest absolute Gasteiger partial charge is 0.264 e. The number of ether oxygens (including phenoxy) is 1. The van der Waals surface area contributed by atoms with Gasteiger partial charge < -0.3 is 9.64 Å². The number of nitrogens with zero attached hydrogens (tertiary/aromatic N) is 1. The third-order valence-electron chi connectivity index (χ3n) is 7.22. The zero-order valence-electron chi connectivity index (χ0n) is 19.7. The van der Waals surface area contributed by atoms with E-state index in [9.17, 15) is 4.79 Å². The van der Waals surface area contributed by atoms with E-state index in [1.165, 1.54) is 16.3 Å². The van der Waals surface area contributed by atoms with E-state index in [-0.39, 0.29) is 5.91 Å². The summed E-state index contributed by atoms with van der Waals surface area (Å²) >= 11 is 1.63. The van der Waals surface area contributed by atoms with Crippen molar-refractivity contribution in [3.05, 3.63) is 101 Å². The Morgan fingerprint density at radius 2 is 1.51 bits per heavy atom. The molecule has 1 aliphatic heterocycles. The number of carbonyl (C=O) groups excluding carboxylic acids is 1. The Hall–Kier alpha value is -3.63. The van der Waals surface area contributed by atoms with Crippen LogP contribution in [0.15, 0.2) is 91.0 Å². The van der Waals surface area contributed by atoms with Gasteiger partial charge in [-0.3, -0.25) is 4.79 Å². The molecule has 4 aromatic carbocycles. The third kappa shape index (κ3) is 3.98. The molecule has 0 N–H and O–H groups in total. The highest BCUT2D eigenvalue weighted by molar-refractivity contribution is 7.21. The summed E-state index contributed by atoms with van der Waals surface area (Å²) in [5, 5.41) is 3.54. The number of carbonyl (C=O) groups is 1. The number of piperidine rings is 1. The molecule has 1 aromatic heterocycles. The second-order valence-electron chi connectivity index (χ2n) is 9.17. The maximum Gasteiger partial charge on any atom is 0.264 e. The van der Waals surface area contributed by atoms with Crippen molar-refractivity contribution in [1.82, 2.24) is 4.90 Å². The molecular weight excluding hydrogens is 450 g/mol. The van der Waals surface area contributed by atoms with Crippen LogP contribution < -0.4 is 4.74 Å². The lowest BCUT2D eigenvalue weighted by Crippen LogP contribution is -2.37. The summed E-state index contributed by atoms with van der Waals surface area (Å²) in [6.07, 6.45) is 1.96. The van der Waals surface area contributed by atoms with E-state index in [4.69, 9.17) is 4.74 Å². The average Bonchev–Trinajstić information content (AvgIpc) is 3.32. The zero-order chi connectivity index (χ0) is 23.8. The van der Waals surface area contributed by atoms with E-state index >= 15 is 0 Å². The highest BCUT2D eigenvalue weighted by atomic mass is 32.1. The van der Waals surface area contributed by atoms with Crippen LogP contribution in [-0.4, -0.2) is 31.0 Å². The normalized spacial score (nSPS) is 14.5. The monoisotopic (exact) mass is 477 g/mol. The molecule has 0 aliphatic carbocycles. The number of fused-ring (bicyclic) bond motifs is 2. The largest absolute Gasteiger partial charge is 0.497 e. The molecule has 1 amide bonds. The second kappa shape index (κ2) is 9.20. The summed E-state index contributed by atoms with van der Waals surface area (Å²) in [6, 6.07) is 31.6. The molecule has 0 saturated carbocycles. The second-order valence-corrected chi connectivity index (χ2v) is 10.2. The number of benzene rings is 4. The van der Waals surface area contributed by atoms with Gasteiger partial charge in [0, 0.05) is 28.7 Å². The lowest BCUT2D eigenvalue weighted by Gasteiger charge is -2.32. The minimum absolute atomic E-state index is 0.155. The van der Waals surface area contributed by atoms with Crippen molar-refractivity contribution >= 4 is 38.1 Å². The summed E-state index contributed by atoms with van der Waals surface area (Å²) in [6.45, 7) is 1.55. The minimum Gasteiger partial charge on any atom is -0.497 e. The number of methoxy groups -OCH3 is 1. The molecule has 0 spiro atoms. The first-order chi connectivity index (χ1) is 17.2. The van der Waals surface area contributed by atoms with E-state index in [1.807, 2.05) is 12.1 Å². The Labute approximate surface area is 209 Å². The van der Waals surface area contributed by atoms with Gasteiger partial charge in [-0.05, 0) is 58.9 Å². The van der Waals surface area contributed by atoms with Crippen molar-refractivity contribution < 1.29 is 9.53 Å². The Balaban J connectivity index is 1.34. The van der Waals surface area contributed by atoms with Gasteiger partial charge in [0.2, 0.25) is 0 Å². The van der Waals surface area contributed by atoms with E-state index in [2.05, 4.69) is 83.8 Å². The van der Waals surface area contributed by atoms with Crippen LogP contribution in [0.25, 0.3) is 32.0 Å². The zero-order valence-corrected chi connectivity index (χ0v) is 20.6. The molecule has 35 heavy (non-hydrogen) atoms. The van der Waals surface area contributed by atoms with Gasteiger partial charge in [0.25, 0.3) is 5.91 Å². The van der Waals surface area contributed by atoms with Crippen molar-refractivity contribution in [2.24, 2.45) is 0 Å². The number of hydrogen-bond donors (Lipinski definition) is 0. The van der Waals surface area contributed by atoms with Crippen molar-refractivity contribution in [3.63, 3.8) is 0 Å². The van der Waals surface area contributed by atoms with Crippen molar-refractivity contribution in [2.75, 3.05) is 20.2 Å². The molecule has 6 rings (SSSR count). The molecule has 0 radical (unpaired) electrons. The molecule has 1 saturated heterocycles. The predicted octanol–water partition coefficient (Wildman–Crippen LogP) is 7.75. The van der Waals surface area contributed by atoms with E-state index < -0.39 is 0 Å². The Bertz CT molecular complexity index is 1510. The van der Waals surface area contributed by atoms with Crippen molar-refractivity contribution in [2.45, 2.75) is 18.8 Å². The fraction of sp³-hybridized carbons (Fsp3) is 0.194. The molecule has 1 aliphatic rings. The topological polar surface area (TPSA) is 29.5 Å². The van der Waals surface area contributed by atoms with Crippen LogP contribution in [0.4, 0.5) is 0 Å². The van der Waals surface area contributed by atoms with Gasteiger partial charge >= 0.3 is 0 Å². The van der Waals surface area contributed by atoms with Crippen LogP contribution in [0.5, 0.6) is 5.75 Å². The molecule has 5 aromatic rings. The van der Waals surface area contributed by atoms with E-state index in [0.717, 1.165) is 57.8 Å². The molecule has 4 heteroatoms. The SMILES string of the molecule is COc1ccc(C2CCN(C(=O)c3sc4ccccc4c3-c3cccc4ccccc34)CC2)cc1. The van der Waals surface area contributed by atoms with Crippen LogP contribution in [0, 0.1) is 0 Å². The number of likely N-dealkylation sites (tertiary alicyclic amines) is 1. The lowest BCUT2D eigenvalue weighted by atomic mass is 9.89. The first-order valence-electron chi connectivity index (χ1n) is 12.2. The Kier molecular flexibility index (Phi) is 5.75. The van der Waals surface area contributed by atoms with Crippen LogP contribution in [0.1, 0.15) is 34.0 Å². The van der Waals surface area contributed by atoms with Gasteiger partial charge in [-0.25, -0.2) is 0 Å². The van der Waals surface area contributed by atoms with Gasteiger partial charge in [0.1, 0.15) is 10.6 Å². The van der Waals surface area contributed by atoms with Crippen LogP contribution >= 0.6 is 11.3 Å². The molecular formula is C31H27NO2S. The molecule has 3 nitrogen and oxygen atoms in total. The predicted molar refractivity (Wildman–Crippen MR) is 146 cm³/mol. The number of rotatable bonds is 4. The van der Waals surface area contributed by atoms with Gasteiger partial charge in [-0.15, -0.1) is 11.3 Å². The first-order valence-corrected chi connectivity index (χ1v) is 13.0. The van der Waals surface area contributed by atoms with E-state index in [1.54, 1.807) is 18.4 Å². The van der Waals surface area contributed by atoms with Gasteiger partial charge in [-0.2, -0.15) is 0 Å². The lowest BCUT2D eigenvalue weighted by molar-refractivity contribution is 0.0718. The summed E-state index contributed by atoms with van der Waals surface area (Å²) < 4.78 is 6.46. The highest BCUT2D eigenvalue weighted by Gasteiger charge is 2.28. The average molecular weight is 478 g/mol. The summed E-state index contributed by atoms with van der Waals surface area (Å²) in [5.41, 5.74) is 3.54. The molecule has 0 bridgehead atoms. The maximum atomic E-state index is 13.9. The number of amides is 1. The summed E-state index contributed by atoms with van der Waals surface area (Å²) in [5.74, 6) is 1.51. The fourth-order valence-corrected chi connectivity index (χ4v) is 6.53. The van der Waals surface area contributed by atoms with Crippen LogP contribution in [0.2, 0.25) is 0 Å². The summed E-state index contributed by atoms with van der Waals surface area (Å²) in [4.78, 5) is 16.9. The maximum absolute atomic E-state index is 13.9. The minimum atomic E-state index is 0.155. The third-order valence-corrected chi connectivity index (χ3v) is 8.38. The standard InChI is InChI=1S/C31H27NO2S/c1-34-24-15-13-21(14-16-24)22-17-19-32(20-18-22)31(33)30-29(27-10-4-5-12-28(27)35-30)26-11-6-8-23-7-2-3-9-25(23)26/h2-16,22H,17-20H2,1H3. The van der Waals surface area contributed by atoms with Crippen LogP contribution in [-0.2, 0) is 0 Å². The van der Waals surface area contributed by atoms with Crippen molar-refractivity contribution in [1.29, 1.82) is 0 Å². The molecule has 2 heterocycles. The molecule has 174 valence electrons. The van der Waals surface area contributed by atoms with Gasteiger partial charge in [0.15, 0.2) is 0 Å². The first kappa shape index (κ1) is 21.9. The summed E-state index contributed by atoms with van der Waals surface area (Å²) in [7, 11) is 1.69. The molecule has 0 unspecified atom stereocenters. The Morgan fingerprint density at radius 1 is 0.829 bits per heavy atom. The highest BCUT2D eigenvalue weighted by Crippen LogP contribution is 2.42. The quantitative estimate of drug-likeness (QED) is 0.265. The Morgan fingerprint density at radius 3 is 2.29 bits per heavy atom. The fourth-order valence-electron chi connectivity index (χ4n) is 5.34. The number of thiophene rings is 1. The van der Waals surface area contributed by atoms with Gasteiger partial charge in [0.05, 0.1) is 7.11 Å². The molecule has 1 fully saturated rings. The van der Waals surface area contributed by atoms with Gasteiger partial charge in [-0.1, -0.05) is 72.8 Å². The number of hydrogen-bond acceptors (Lipinski definition) is 3. The molecule has 0 atom stereocenters. The van der Waals surface area contributed by atoms with Crippen LogP contribution in [0.3, 0.4) is 0 Å².